The van der Waals surface area contributed by atoms with Gasteiger partial charge in [0.05, 0.1) is 13.2 Å². The highest BCUT2D eigenvalue weighted by atomic mass is 16.3. The number of aliphatic hydroxyl groups is 1. The van der Waals surface area contributed by atoms with Crippen molar-refractivity contribution in [2.75, 3.05) is 18.9 Å². The van der Waals surface area contributed by atoms with Crippen LogP contribution in [0.3, 0.4) is 0 Å². The number of rotatable bonds is 5. The van der Waals surface area contributed by atoms with Gasteiger partial charge in [0.25, 0.3) is 17.1 Å². The molecule has 0 spiro atoms. The van der Waals surface area contributed by atoms with Crippen molar-refractivity contribution in [1.29, 1.82) is 0 Å². The summed E-state index contributed by atoms with van der Waals surface area (Å²) in [5.41, 5.74) is 6.73. The van der Waals surface area contributed by atoms with Crippen LogP contribution in [0.5, 0.6) is 0 Å². The molecule has 128 valence electrons. The van der Waals surface area contributed by atoms with E-state index in [2.05, 4.69) is 16.9 Å². The molecule has 3 aromatic rings. The van der Waals surface area contributed by atoms with Crippen LogP contribution in [0.1, 0.15) is 10.4 Å². The Bertz CT molecular complexity index is 1040. The molecule has 3 rings (SSSR count). The summed E-state index contributed by atoms with van der Waals surface area (Å²) in [5, 5.41) is 12.2. The van der Waals surface area contributed by atoms with Gasteiger partial charge in [0.1, 0.15) is 10.9 Å². The Morgan fingerprint density at radius 3 is 3.00 bits per heavy atom. The minimum absolute atomic E-state index is 0.111. The average Bonchev–Trinajstić information content (AvgIpc) is 2.62. The molecule has 3 heterocycles. The quantitative estimate of drug-likeness (QED) is 0.333. The lowest BCUT2D eigenvalue weighted by Gasteiger charge is -2.11. The van der Waals surface area contributed by atoms with Crippen LogP contribution in [0.4, 0.5) is 5.82 Å². The molecule has 8 heteroatoms. The summed E-state index contributed by atoms with van der Waals surface area (Å²) in [6.07, 6.45) is 3.15. The van der Waals surface area contributed by atoms with Gasteiger partial charge in [0, 0.05) is 12.7 Å². The predicted molar refractivity (Wildman–Crippen MR) is 93.2 cm³/mol. The van der Waals surface area contributed by atoms with Crippen LogP contribution in [0.2, 0.25) is 0 Å². The van der Waals surface area contributed by atoms with Crippen LogP contribution in [-0.4, -0.2) is 33.6 Å². The number of fused-ring (bicyclic) bond motifs is 2. The van der Waals surface area contributed by atoms with Gasteiger partial charge in [0.15, 0.2) is 0 Å². The number of nitrogens with one attached hydrogen (secondary N) is 1. The SMILES string of the molecule is C=CCNC(=O)c1cc2c(=O)n3ccccc3nc2[n+](CCO)c1N. The molecule has 4 N–H and O–H groups in total. The molecule has 0 aromatic carbocycles. The van der Waals surface area contributed by atoms with Gasteiger partial charge in [-0.25, -0.2) is 4.57 Å². The monoisotopic (exact) mass is 340 g/mol. The highest BCUT2D eigenvalue weighted by molar-refractivity contribution is 6.00. The largest absolute Gasteiger partial charge is 0.393 e. The Morgan fingerprint density at radius 2 is 2.28 bits per heavy atom. The van der Waals surface area contributed by atoms with Crippen molar-refractivity contribution in [3.8, 4) is 0 Å². The van der Waals surface area contributed by atoms with Crippen molar-refractivity contribution in [2.24, 2.45) is 0 Å². The number of aliphatic hydroxyl groups excluding tert-OH is 1. The number of carbonyl (C=O) groups is 1. The van der Waals surface area contributed by atoms with Gasteiger partial charge in [-0.15, -0.1) is 6.58 Å². The second-order valence-electron chi connectivity index (χ2n) is 5.40. The minimum Gasteiger partial charge on any atom is -0.393 e. The Kier molecular flexibility index (Phi) is 4.44. The number of pyridine rings is 2. The Labute approximate surface area is 142 Å². The van der Waals surface area contributed by atoms with Crippen molar-refractivity contribution in [2.45, 2.75) is 6.54 Å². The van der Waals surface area contributed by atoms with E-state index in [-0.39, 0.29) is 42.0 Å². The van der Waals surface area contributed by atoms with E-state index in [4.69, 9.17) is 5.73 Å². The van der Waals surface area contributed by atoms with E-state index in [1.54, 1.807) is 30.5 Å². The zero-order valence-corrected chi connectivity index (χ0v) is 13.5. The first kappa shape index (κ1) is 16.6. The molecule has 0 radical (unpaired) electrons. The molecular weight excluding hydrogens is 322 g/mol. The summed E-state index contributed by atoms with van der Waals surface area (Å²) < 4.78 is 2.87. The molecule has 0 unspecified atom stereocenters. The van der Waals surface area contributed by atoms with Crippen LogP contribution >= 0.6 is 0 Å². The Morgan fingerprint density at radius 1 is 1.48 bits per heavy atom. The summed E-state index contributed by atoms with van der Waals surface area (Å²) in [5.74, 6) is -0.293. The summed E-state index contributed by atoms with van der Waals surface area (Å²) in [7, 11) is 0. The fraction of sp³-hybridized carbons (Fsp3) is 0.176. The van der Waals surface area contributed by atoms with E-state index in [9.17, 15) is 14.7 Å². The second kappa shape index (κ2) is 6.70. The smallest absolute Gasteiger partial charge is 0.278 e. The van der Waals surface area contributed by atoms with Gasteiger partial charge in [-0.05, 0) is 18.2 Å². The third-order valence-electron chi connectivity index (χ3n) is 3.84. The Balaban J connectivity index is 2.36. The molecule has 8 nitrogen and oxygen atoms in total. The van der Waals surface area contributed by atoms with Crippen molar-refractivity contribution in [3.05, 3.63) is 59.0 Å². The first-order valence-corrected chi connectivity index (χ1v) is 7.72. The van der Waals surface area contributed by atoms with Crippen LogP contribution in [0, 0.1) is 0 Å². The molecule has 0 atom stereocenters. The molecule has 0 saturated heterocycles. The maximum atomic E-state index is 12.8. The van der Waals surface area contributed by atoms with Crippen LogP contribution in [-0.2, 0) is 6.54 Å². The van der Waals surface area contributed by atoms with Gasteiger partial charge >= 0.3 is 0 Å². The van der Waals surface area contributed by atoms with Gasteiger partial charge < -0.3 is 16.2 Å². The molecular formula is C17H18N5O3+. The predicted octanol–water partition coefficient (Wildman–Crippen LogP) is -0.374. The molecule has 0 fully saturated rings. The van der Waals surface area contributed by atoms with Gasteiger partial charge in [-0.2, -0.15) is 0 Å². The number of anilines is 1. The maximum Gasteiger partial charge on any atom is 0.278 e. The second-order valence-corrected chi connectivity index (χ2v) is 5.40. The first-order valence-electron chi connectivity index (χ1n) is 7.72. The van der Waals surface area contributed by atoms with Crippen molar-refractivity contribution < 1.29 is 14.5 Å². The number of nitrogen functional groups attached to an aromatic ring is 1. The summed E-state index contributed by atoms with van der Waals surface area (Å²) in [6.45, 7) is 3.72. The number of carbonyl (C=O) groups excluding carboxylic acids is 1. The van der Waals surface area contributed by atoms with Crippen molar-refractivity contribution in [1.82, 2.24) is 14.7 Å². The van der Waals surface area contributed by atoms with E-state index in [0.717, 1.165) is 0 Å². The molecule has 0 aliphatic rings. The molecule has 0 bridgehead atoms. The lowest BCUT2D eigenvalue weighted by atomic mass is 10.1. The summed E-state index contributed by atoms with van der Waals surface area (Å²) in [6, 6.07) is 6.62. The number of aromatic nitrogens is 3. The Hall–Kier alpha value is -3.26. The first-order chi connectivity index (χ1) is 12.1. The molecule has 25 heavy (non-hydrogen) atoms. The third kappa shape index (κ3) is 2.83. The lowest BCUT2D eigenvalue weighted by Crippen LogP contribution is -2.44. The summed E-state index contributed by atoms with van der Waals surface area (Å²) >= 11 is 0. The van der Waals surface area contributed by atoms with E-state index in [1.807, 2.05) is 0 Å². The van der Waals surface area contributed by atoms with E-state index in [1.165, 1.54) is 15.0 Å². The zero-order chi connectivity index (χ0) is 18.0. The lowest BCUT2D eigenvalue weighted by molar-refractivity contribution is -0.660. The van der Waals surface area contributed by atoms with E-state index < -0.39 is 5.91 Å². The van der Waals surface area contributed by atoms with Crippen LogP contribution < -0.4 is 21.2 Å². The number of amides is 1. The van der Waals surface area contributed by atoms with Gasteiger partial charge in [-0.1, -0.05) is 17.1 Å². The fourth-order valence-corrected chi connectivity index (χ4v) is 2.67. The third-order valence-corrected chi connectivity index (χ3v) is 3.84. The van der Waals surface area contributed by atoms with Crippen LogP contribution in [0.15, 0.2) is 47.9 Å². The number of hydrogen-bond donors (Lipinski definition) is 3. The van der Waals surface area contributed by atoms with Crippen molar-refractivity contribution >= 4 is 28.4 Å². The summed E-state index contributed by atoms with van der Waals surface area (Å²) in [4.78, 5) is 29.6. The van der Waals surface area contributed by atoms with Crippen molar-refractivity contribution in [3.63, 3.8) is 0 Å². The normalized spacial score (nSPS) is 10.9. The highest BCUT2D eigenvalue weighted by Crippen LogP contribution is 2.14. The number of nitrogens with zero attached hydrogens (tertiary/aromatic N) is 3. The molecule has 0 aliphatic heterocycles. The van der Waals surface area contributed by atoms with E-state index in [0.29, 0.717) is 11.3 Å². The minimum atomic E-state index is -0.427. The van der Waals surface area contributed by atoms with Gasteiger partial charge in [0.2, 0.25) is 11.5 Å². The fourth-order valence-electron chi connectivity index (χ4n) is 2.67. The molecule has 3 aromatic heterocycles. The zero-order valence-electron chi connectivity index (χ0n) is 13.5. The highest BCUT2D eigenvalue weighted by Gasteiger charge is 2.23. The van der Waals surface area contributed by atoms with Gasteiger partial charge in [-0.3, -0.25) is 14.0 Å². The topological polar surface area (TPSA) is 114 Å². The maximum absolute atomic E-state index is 12.8. The number of nitrogens with two attached hydrogens (primary N) is 1. The standard InChI is InChI=1S/C17H17N5O3/c1-2-6-19-16(24)11-10-12-15(22(8-9-23)14(11)18)20-13-5-3-4-7-21(13)17(12)25/h2-5,7,10,18,23H,1,6,8-9H2,(H,19,24)/p+1. The average molecular weight is 340 g/mol. The molecule has 0 aliphatic carbocycles. The molecule has 0 saturated carbocycles. The number of hydrogen-bond acceptors (Lipinski definition) is 5. The van der Waals surface area contributed by atoms with Crippen LogP contribution in [0.25, 0.3) is 16.7 Å². The van der Waals surface area contributed by atoms with E-state index >= 15 is 0 Å². The molecule has 1 amide bonds.